The Balaban J connectivity index is 3.37. The second kappa shape index (κ2) is 10.7. The van der Waals surface area contributed by atoms with Gasteiger partial charge >= 0.3 is 5.97 Å². The molecule has 0 N–H and O–H groups in total. The molecule has 0 bridgehead atoms. The molecule has 0 aromatic carbocycles. The van der Waals surface area contributed by atoms with Gasteiger partial charge in [-0.15, -0.1) is 0 Å². The molecule has 0 aliphatic carbocycles. The molecule has 0 spiro atoms. The van der Waals surface area contributed by atoms with Crippen molar-refractivity contribution in [3.63, 3.8) is 0 Å². The summed E-state index contributed by atoms with van der Waals surface area (Å²) < 4.78 is 4.58. The quantitative estimate of drug-likeness (QED) is 0.334. The number of hydrogen-bond donors (Lipinski definition) is 0. The van der Waals surface area contributed by atoms with E-state index in [9.17, 15) is 4.79 Å². The van der Waals surface area contributed by atoms with E-state index >= 15 is 0 Å². The average Bonchev–Trinajstić information content (AvgIpc) is 2.27. The summed E-state index contributed by atoms with van der Waals surface area (Å²) in [5.41, 5.74) is 1.13. The standard InChI is InChI=1S/C14H26O2/c1-4-5-6-7-8-9-10-11-13(2)12-14(15)16-3/h12H,4-11H2,1-3H3/b13-12+. The van der Waals surface area contributed by atoms with Gasteiger partial charge in [0, 0.05) is 6.08 Å². The number of hydrogen-bond acceptors (Lipinski definition) is 2. The Labute approximate surface area is 100 Å². The lowest BCUT2D eigenvalue weighted by Gasteiger charge is -2.02. The van der Waals surface area contributed by atoms with Crippen molar-refractivity contribution < 1.29 is 9.53 Å². The van der Waals surface area contributed by atoms with Crippen molar-refractivity contribution in [2.75, 3.05) is 7.11 Å². The number of methoxy groups -OCH3 is 1. The van der Waals surface area contributed by atoms with E-state index in [0.29, 0.717) is 0 Å². The van der Waals surface area contributed by atoms with Gasteiger partial charge in [0.25, 0.3) is 0 Å². The lowest BCUT2D eigenvalue weighted by atomic mass is 10.1. The first-order valence-electron chi connectivity index (χ1n) is 6.45. The summed E-state index contributed by atoms with van der Waals surface area (Å²) in [6, 6.07) is 0. The molecule has 0 rings (SSSR count). The van der Waals surface area contributed by atoms with Crippen LogP contribution in [0.1, 0.15) is 65.2 Å². The summed E-state index contributed by atoms with van der Waals surface area (Å²) in [6.45, 7) is 4.23. The predicted molar refractivity (Wildman–Crippen MR) is 68.4 cm³/mol. The number of rotatable bonds is 9. The Hall–Kier alpha value is -0.790. The normalized spacial score (nSPS) is 11.6. The first-order chi connectivity index (χ1) is 7.70. The van der Waals surface area contributed by atoms with Gasteiger partial charge in [0.2, 0.25) is 0 Å². The molecule has 0 amide bonds. The first-order valence-corrected chi connectivity index (χ1v) is 6.45. The SMILES string of the molecule is CCCCCCCCC/C(C)=C/C(=O)OC. The minimum atomic E-state index is -0.236. The van der Waals surface area contributed by atoms with E-state index in [-0.39, 0.29) is 5.97 Å². The Morgan fingerprint density at radius 2 is 1.62 bits per heavy atom. The maximum Gasteiger partial charge on any atom is 0.330 e. The molecule has 0 atom stereocenters. The van der Waals surface area contributed by atoms with Gasteiger partial charge in [0.1, 0.15) is 0 Å². The van der Waals surface area contributed by atoms with Gasteiger partial charge in [0.05, 0.1) is 7.11 Å². The number of carbonyl (C=O) groups is 1. The van der Waals surface area contributed by atoms with Crippen molar-refractivity contribution in [1.82, 2.24) is 0 Å². The molecule has 94 valence electrons. The maximum absolute atomic E-state index is 10.9. The van der Waals surface area contributed by atoms with E-state index in [4.69, 9.17) is 0 Å². The molecule has 0 unspecified atom stereocenters. The molecule has 0 aliphatic rings. The third-order valence-electron chi connectivity index (χ3n) is 2.74. The van der Waals surface area contributed by atoms with Crippen molar-refractivity contribution in [3.05, 3.63) is 11.6 Å². The Kier molecular flexibility index (Phi) is 10.2. The number of ether oxygens (including phenoxy) is 1. The van der Waals surface area contributed by atoms with Crippen LogP contribution in [0.3, 0.4) is 0 Å². The largest absolute Gasteiger partial charge is 0.466 e. The van der Waals surface area contributed by atoms with Crippen LogP contribution in [0, 0.1) is 0 Å². The minimum Gasteiger partial charge on any atom is -0.466 e. The van der Waals surface area contributed by atoms with Crippen LogP contribution in [0.5, 0.6) is 0 Å². The zero-order valence-corrected chi connectivity index (χ0v) is 11.1. The van der Waals surface area contributed by atoms with E-state index < -0.39 is 0 Å². The van der Waals surface area contributed by atoms with Crippen molar-refractivity contribution in [2.45, 2.75) is 65.2 Å². The molecule has 2 nitrogen and oxygen atoms in total. The third kappa shape index (κ3) is 9.75. The second-order valence-corrected chi connectivity index (χ2v) is 4.39. The van der Waals surface area contributed by atoms with Gasteiger partial charge in [0.15, 0.2) is 0 Å². The molecule has 0 aromatic heterocycles. The molecule has 0 radical (unpaired) electrons. The molecule has 0 saturated heterocycles. The van der Waals surface area contributed by atoms with Gasteiger partial charge < -0.3 is 4.74 Å². The van der Waals surface area contributed by atoms with E-state index in [1.165, 1.54) is 52.1 Å². The van der Waals surface area contributed by atoms with Crippen LogP contribution < -0.4 is 0 Å². The highest BCUT2D eigenvalue weighted by atomic mass is 16.5. The zero-order chi connectivity index (χ0) is 12.2. The minimum absolute atomic E-state index is 0.236. The lowest BCUT2D eigenvalue weighted by molar-refractivity contribution is -0.134. The molecule has 0 saturated carbocycles. The van der Waals surface area contributed by atoms with Crippen LogP contribution in [0.2, 0.25) is 0 Å². The Bertz CT molecular complexity index is 207. The molecular formula is C14H26O2. The molecule has 0 aromatic rings. The van der Waals surface area contributed by atoms with Gasteiger partial charge in [-0.2, -0.15) is 0 Å². The van der Waals surface area contributed by atoms with E-state index in [2.05, 4.69) is 11.7 Å². The summed E-state index contributed by atoms with van der Waals surface area (Å²) in [4.78, 5) is 10.9. The van der Waals surface area contributed by atoms with E-state index in [1.54, 1.807) is 6.08 Å². The monoisotopic (exact) mass is 226 g/mol. The molecule has 0 fully saturated rings. The third-order valence-corrected chi connectivity index (χ3v) is 2.74. The maximum atomic E-state index is 10.9. The van der Waals surface area contributed by atoms with Crippen LogP contribution in [-0.2, 0) is 9.53 Å². The molecule has 0 aliphatic heterocycles. The van der Waals surface area contributed by atoms with Gasteiger partial charge in [-0.25, -0.2) is 4.79 Å². The predicted octanol–water partition coefficient (Wildman–Crippen LogP) is 4.25. The van der Waals surface area contributed by atoms with E-state index in [1.807, 2.05) is 6.92 Å². The molecule has 2 heteroatoms. The fourth-order valence-corrected chi connectivity index (χ4v) is 1.69. The van der Waals surface area contributed by atoms with Gasteiger partial charge in [-0.3, -0.25) is 0 Å². The van der Waals surface area contributed by atoms with Crippen LogP contribution in [0.25, 0.3) is 0 Å². The van der Waals surface area contributed by atoms with Crippen molar-refractivity contribution >= 4 is 5.97 Å². The number of carbonyl (C=O) groups excluding carboxylic acids is 1. The summed E-state index contributed by atoms with van der Waals surface area (Å²) in [5.74, 6) is -0.236. The summed E-state index contributed by atoms with van der Waals surface area (Å²) in [6.07, 6.45) is 11.8. The number of allylic oxidation sites excluding steroid dienone is 1. The Morgan fingerprint density at radius 1 is 1.06 bits per heavy atom. The molecular weight excluding hydrogens is 200 g/mol. The van der Waals surface area contributed by atoms with Gasteiger partial charge in [-0.05, 0) is 19.8 Å². The van der Waals surface area contributed by atoms with E-state index in [0.717, 1.165) is 12.0 Å². The van der Waals surface area contributed by atoms with Crippen LogP contribution in [0.4, 0.5) is 0 Å². The van der Waals surface area contributed by atoms with Crippen molar-refractivity contribution in [3.8, 4) is 0 Å². The summed E-state index contributed by atoms with van der Waals surface area (Å²) in [7, 11) is 1.42. The first kappa shape index (κ1) is 15.2. The Morgan fingerprint density at radius 3 is 2.19 bits per heavy atom. The molecule has 0 heterocycles. The number of unbranched alkanes of at least 4 members (excludes halogenated alkanes) is 6. The highest BCUT2D eigenvalue weighted by Crippen LogP contribution is 2.11. The van der Waals surface area contributed by atoms with Crippen LogP contribution in [0.15, 0.2) is 11.6 Å². The highest BCUT2D eigenvalue weighted by Gasteiger charge is 1.97. The van der Waals surface area contributed by atoms with Crippen molar-refractivity contribution in [1.29, 1.82) is 0 Å². The zero-order valence-electron chi connectivity index (χ0n) is 11.1. The van der Waals surface area contributed by atoms with Gasteiger partial charge in [-0.1, -0.05) is 51.0 Å². The fourth-order valence-electron chi connectivity index (χ4n) is 1.69. The van der Waals surface area contributed by atoms with Crippen molar-refractivity contribution in [2.24, 2.45) is 0 Å². The van der Waals surface area contributed by atoms with Crippen LogP contribution >= 0.6 is 0 Å². The summed E-state index contributed by atoms with van der Waals surface area (Å²) >= 11 is 0. The van der Waals surface area contributed by atoms with Crippen LogP contribution in [-0.4, -0.2) is 13.1 Å². The second-order valence-electron chi connectivity index (χ2n) is 4.39. The summed E-state index contributed by atoms with van der Waals surface area (Å²) in [5, 5.41) is 0. The fraction of sp³-hybridized carbons (Fsp3) is 0.786. The smallest absolute Gasteiger partial charge is 0.330 e. The lowest BCUT2D eigenvalue weighted by Crippen LogP contribution is -1.95. The number of esters is 1. The topological polar surface area (TPSA) is 26.3 Å². The highest BCUT2D eigenvalue weighted by molar-refractivity contribution is 5.82. The average molecular weight is 226 g/mol. The molecule has 16 heavy (non-hydrogen) atoms.